The second-order valence-corrected chi connectivity index (χ2v) is 7.44. The predicted molar refractivity (Wildman–Crippen MR) is 108 cm³/mol. The van der Waals surface area contributed by atoms with Crippen molar-refractivity contribution in [2.24, 2.45) is 0 Å². The highest BCUT2D eigenvalue weighted by atomic mass is 35.5. The van der Waals surface area contributed by atoms with Gasteiger partial charge in [0.25, 0.3) is 0 Å². The molecule has 0 unspecified atom stereocenters. The van der Waals surface area contributed by atoms with Gasteiger partial charge in [-0.25, -0.2) is 4.39 Å². The zero-order valence-electron chi connectivity index (χ0n) is 14.8. The Hall–Kier alpha value is -2.44. The van der Waals surface area contributed by atoms with Gasteiger partial charge in [0.15, 0.2) is 0 Å². The number of aryl methyl sites for hydroxylation is 2. The molecule has 0 atom stereocenters. The fourth-order valence-corrected chi connectivity index (χ4v) is 3.26. The van der Waals surface area contributed by atoms with Gasteiger partial charge in [0.1, 0.15) is 10.8 Å². The Kier molecular flexibility index (Phi) is 6.08. The SMILES string of the molecule is Cc1ccc(C)c(-c2ccc(SCC(=O)Nc3ccc(F)c(Cl)c3)nn2)c1. The lowest BCUT2D eigenvalue weighted by molar-refractivity contribution is -0.113. The molecular formula is C20H17ClFN3OS. The molecular weight excluding hydrogens is 385 g/mol. The number of carbonyl (C=O) groups is 1. The normalized spacial score (nSPS) is 10.7. The van der Waals surface area contributed by atoms with E-state index in [1.165, 1.54) is 30.0 Å². The van der Waals surface area contributed by atoms with E-state index in [9.17, 15) is 9.18 Å². The summed E-state index contributed by atoms with van der Waals surface area (Å²) in [6, 6.07) is 14.0. The fourth-order valence-electron chi connectivity index (χ4n) is 2.46. The largest absolute Gasteiger partial charge is 0.325 e. The molecule has 0 radical (unpaired) electrons. The summed E-state index contributed by atoms with van der Waals surface area (Å²) in [5, 5.41) is 11.8. The summed E-state index contributed by atoms with van der Waals surface area (Å²) < 4.78 is 13.1. The van der Waals surface area contributed by atoms with Crippen molar-refractivity contribution in [3.63, 3.8) is 0 Å². The van der Waals surface area contributed by atoms with Crippen LogP contribution in [0.3, 0.4) is 0 Å². The van der Waals surface area contributed by atoms with Gasteiger partial charge in [-0.3, -0.25) is 4.79 Å². The van der Waals surface area contributed by atoms with Crippen LogP contribution in [0.4, 0.5) is 10.1 Å². The smallest absolute Gasteiger partial charge is 0.234 e. The highest BCUT2D eigenvalue weighted by Crippen LogP contribution is 2.24. The predicted octanol–water partition coefficient (Wildman–Crippen LogP) is 5.28. The molecule has 1 N–H and O–H groups in total. The minimum atomic E-state index is -0.525. The molecule has 7 heteroatoms. The molecule has 0 aliphatic heterocycles. The summed E-state index contributed by atoms with van der Waals surface area (Å²) in [5.41, 5.74) is 4.58. The average molecular weight is 402 g/mol. The van der Waals surface area contributed by atoms with E-state index in [2.05, 4.69) is 33.7 Å². The Morgan fingerprint density at radius 3 is 2.63 bits per heavy atom. The second-order valence-electron chi connectivity index (χ2n) is 6.04. The molecule has 0 saturated carbocycles. The molecule has 0 fully saturated rings. The first kappa shape index (κ1) is 19.3. The van der Waals surface area contributed by atoms with Crippen molar-refractivity contribution < 1.29 is 9.18 Å². The van der Waals surface area contributed by atoms with Gasteiger partial charge in [0, 0.05) is 11.3 Å². The van der Waals surface area contributed by atoms with Crippen molar-refractivity contribution in [1.82, 2.24) is 10.2 Å². The van der Waals surface area contributed by atoms with Crippen LogP contribution in [-0.2, 0) is 4.79 Å². The lowest BCUT2D eigenvalue weighted by Crippen LogP contribution is -2.14. The van der Waals surface area contributed by atoms with Crippen LogP contribution in [0.5, 0.6) is 0 Å². The molecule has 0 aliphatic carbocycles. The summed E-state index contributed by atoms with van der Waals surface area (Å²) in [5.74, 6) is -0.599. The first-order chi connectivity index (χ1) is 12.9. The standard InChI is InChI=1S/C20H17ClFN3OS/c1-12-3-4-13(2)15(9-12)18-7-8-20(25-24-18)27-11-19(26)23-14-5-6-17(22)16(21)10-14/h3-10H,11H2,1-2H3,(H,23,26). The van der Waals surface area contributed by atoms with Gasteiger partial charge in [0.2, 0.25) is 5.91 Å². The van der Waals surface area contributed by atoms with Crippen molar-refractivity contribution >= 4 is 35.0 Å². The molecule has 1 amide bonds. The van der Waals surface area contributed by atoms with E-state index in [1.54, 1.807) is 0 Å². The number of hydrogen-bond donors (Lipinski definition) is 1. The number of anilines is 1. The maximum absolute atomic E-state index is 13.1. The van der Waals surface area contributed by atoms with E-state index in [1.807, 2.05) is 26.0 Å². The second kappa shape index (κ2) is 8.50. The average Bonchev–Trinajstić information content (AvgIpc) is 2.65. The van der Waals surface area contributed by atoms with Gasteiger partial charge >= 0.3 is 0 Å². The molecule has 1 aromatic heterocycles. The number of amides is 1. The number of nitrogens with one attached hydrogen (secondary N) is 1. The van der Waals surface area contributed by atoms with Crippen molar-refractivity contribution in [2.75, 3.05) is 11.1 Å². The van der Waals surface area contributed by atoms with Gasteiger partial charge in [-0.2, -0.15) is 0 Å². The van der Waals surface area contributed by atoms with Gasteiger partial charge < -0.3 is 5.32 Å². The van der Waals surface area contributed by atoms with Crippen molar-refractivity contribution in [3.05, 3.63) is 70.5 Å². The maximum atomic E-state index is 13.1. The van der Waals surface area contributed by atoms with Gasteiger partial charge in [0.05, 0.1) is 16.5 Å². The van der Waals surface area contributed by atoms with E-state index in [-0.39, 0.29) is 16.7 Å². The molecule has 3 rings (SSSR count). The number of hydrogen-bond acceptors (Lipinski definition) is 4. The molecule has 138 valence electrons. The number of rotatable bonds is 5. The third-order valence-electron chi connectivity index (χ3n) is 3.86. The van der Waals surface area contributed by atoms with E-state index >= 15 is 0 Å². The van der Waals surface area contributed by atoms with E-state index in [0.29, 0.717) is 10.7 Å². The summed E-state index contributed by atoms with van der Waals surface area (Å²) >= 11 is 6.98. The summed E-state index contributed by atoms with van der Waals surface area (Å²) in [4.78, 5) is 12.0. The monoisotopic (exact) mass is 401 g/mol. The van der Waals surface area contributed by atoms with Crippen LogP contribution >= 0.6 is 23.4 Å². The number of thioether (sulfide) groups is 1. The first-order valence-corrected chi connectivity index (χ1v) is 9.58. The minimum absolute atomic E-state index is 0.0339. The number of nitrogens with zero attached hydrogens (tertiary/aromatic N) is 2. The zero-order chi connectivity index (χ0) is 19.4. The Bertz CT molecular complexity index is 979. The molecule has 3 aromatic rings. The topological polar surface area (TPSA) is 54.9 Å². The Morgan fingerprint density at radius 1 is 1.11 bits per heavy atom. The van der Waals surface area contributed by atoms with Gasteiger partial charge in [-0.05, 0) is 55.8 Å². The number of halogens is 2. The lowest BCUT2D eigenvalue weighted by atomic mass is 10.0. The van der Waals surface area contributed by atoms with Crippen LogP contribution in [0, 0.1) is 19.7 Å². The quantitative estimate of drug-likeness (QED) is 0.590. The van der Waals surface area contributed by atoms with Crippen LogP contribution in [0.2, 0.25) is 5.02 Å². The molecule has 2 aromatic carbocycles. The Labute approximate surface area is 166 Å². The maximum Gasteiger partial charge on any atom is 0.234 e. The van der Waals surface area contributed by atoms with Crippen molar-refractivity contribution in [2.45, 2.75) is 18.9 Å². The number of aromatic nitrogens is 2. The molecule has 1 heterocycles. The van der Waals surface area contributed by atoms with Crippen LogP contribution in [0.15, 0.2) is 53.6 Å². The zero-order valence-corrected chi connectivity index (χ0v) is 16.4. The van der Waals surface area contributed by atoms with Gasteiger partial charge in [-0.15, -0.1) is 10.2 Å². The highest BCUT2D eigenvalue weighted by molar-refractivity contribution is 7.99. The van der Waals surface area contributed by atoms with Crippen LogP contribution in [0.25, 0.3) is 11.3 Å². The van der Waals surface area contributed by atoms with E-state index in [0.717, 1.165) is 22.4 Å². The van der Waals surface area contributed by atoms with Gasteiger partial charge in [-0.1, -0.05) is 41.1 Å². The number of benzene rings is 2. The molecule has 0 spiro atoms. The third kappa shape index (κ3) is 5.05. The first-order valence-electron chi connectivity index (χ1n) is 8.21. The third-order valence-corrected chi connectivity index (χ3v) is 5.07. The molecule has 0 bridgehead atoms. The van der Waals surface area contributed by atoms with Crippen LogP contribution in [0.1, 0.15) is 11.1 Å². The Balaban J connectivity index is 1.60. The van der Waals surface area contributed by atoms with Crippen molar-refractivity contribution in [3.8, 4) is 11.3 Å². The molecule has 4 nitrogen and oxygen atoms in total. The molecule has 27 heavy (non-hydrogen) atoms. The van der Waals surface area contributed by atoms with Crippen LogP contribution in [-0.4, -0.2) is 21.9 Å². The fraction of sp³-hybridized carbons (Fsp3) is 0.150. The number of carbonyl (C=O) groups excluding carboxylic acids is 1. The summed E-state index contributed by atoms with van der Waals surface area (Å²) in [6.07, 6.45) is 0. The molecule has 0 saturated heterocycles. The lowest BCUT2D eigenvalue weighted by Gasteiger charge is -2.07. The minimum Gasteiger partial charge on any atom is -0.325 e. The summed E-state index contributed by atoms with van der Waals surface area (Å²) in [6.45, 7) is 4.07. The van der Waals surface area contributed by atoms with Crippen molar-refractivity contribution in [1.29, 1.82) is 0 Å². The molecule has 0 aliphatic rings. The van der Waals surface area contributed by atoms with E-state index < -0.39 is 5.82 Å². The summed E-state index contributed by atoms with van der Waals surface area (Å²) in [7, 11) is 0. The van der Waals surface area contributed by atoms with E-state index in [4.69, 9.17) is 11.6 Å². The Morgan fingerprint density at radius 2 is 1.93 bits per heavy atom. The van der Waals surface area contributed by atoms with Crippen LogP contribution < -0.4 is 5.32 Å². The highest BCUT2D eigenvalue weighted by Gasteiger charge is 2.09.